The Hall–Kier alpha value is -2.36. The summed E-state index contributed by atoms with van der Waals surface area (Å²) in [7, 11) is 3.88. The maximum absolute atomic E-state index is 13.0. The van der Waals surface area contributed by atoms with Crippen LogP contribution in [0.3, 0.4) is 0 Å². The topological polar surface area (TPSA) is 113 Å². The summed E-state index contributed by atoms with van der Waals surface area (Å²) in [5, 5.41) is 16.7. The Balaban J connectivity index is 1.83. The molecule has 2 aliphatic heterocycles. The van der Waals surface area contributed by atoms with Crippen molar-refractivity contribution in [3.63, 3.8) is 0 Å². The van der Waals surface area contributed by atoms with Crippen LogP contribution >= 0.6 is 32.2 Å². The summed E-state index contributed by atoms with van der Waals surface area (Å²) < 4.78 is 10.5. The number of halogens is 1. The van der Waals surface area contributed by atoms with Crippen LogP contribution < -0.4 is 10.6 Å². The van der Waals surface area contributed by atoms with E-state index in [1.54, 1.807) is 17.2 Å². The van der Waals surface area contributed by atoms with Gasteiger partial charge in [0.05, 0.1) is 25.9 Å². The summed E-state index contributed by atoms with van der Waals surface area (Å²) >= 11 is 7.95. The highest BCUT2D eigenvalue weighted by molar-refractivity contribution is 7.27. The third-order valence-electron chi connectivity index (χ3n) is 5.37. The normalized spacial score (nSPS) is 21.4. The number of aliphatic imine (C=N–C) groups is 1. The van der Waals surface area contributed by atoms with E-state index in [1.807, 2.05) is 17.5 Å². The average Bonchev–Trinajstić information content (AvgIpc) is 3.33. The minimum absolute atomic E-state index is 0.0640. The summed E-state index contributed by atoms with van der Waals surface area (Å²) in [6.07, 6.45) is 1.66. The molecule has 2 aromatic rings. The number of esters is 1. The average molecular weight is 509 g/mol. The van der Waals surface area contributed by atoms with Gasteiger partial charge in [0.15, 0.2) is 10.8 Å². The number of aliphatic carboxylic acids is 1. The van der Waals surface area contributed by atoms with Crippen molar-refractivity contribution in [1.82, 2.24) is 15.2 Å². The molecule has 0 radical (unpaired) electrons. The number of ether oxygens (including phenoxy) is 2. The summed E-state index contributed by atoms with van der Waals surface area (Å²) in [4.78, 5) is 35.6. The fourth-order valence-corrected chi connectivity index (χ4v) is 5.02. The zero-order valence-electron chi connectivity index (χ0n) is 17.7. The van der Waals surface area contributed by atoms with Crippen LogP contribution in [0.15, 0.2) is 46.0 Å². The van der Waals surface area contributed by atoms with Gasteiger partial charge in [-0.25, -0.2) is 9.78 Å². The molecule has 3 heterocycles. The molecule has 2 unspecified atom stereocenters. The second-order valence-electron chi connectivity index (χ2n) is 7.41. The van der Waals surface area contributed by atoms with Crippen molar-refractivity contribution in [3.05, 3.63) is 56.6 Å². The lowest BCUT2D eigenvalue weighted by Gasteiger charge is -2.35. The summed E-state index contributed by atoms with van der Waals surface area (Å²) in [5.74, 6) is -1.09. The van der Waals surface area contributed by atoms with Gasteiger partial charge in [0.25, 0.3) is 0 Å². The van der Waals surface area contributed by atoms with Gasteiger partial charge in [-0.2, -0.15) is 0 Å². The first-order valence-electron chi connectivity index (χ1n) is 10.0. The fourth-order valence-electron chi connectivity index (χ4n) is 3.77. The molecule has 0 saturated carbocycles. The largest absolute Gasteiger partial charge is 0.480 e. The van der Waals surface area contributed by atoms with Crippen molar-refractivity contribution in [3.8, 4) is 0 Å². The minimum Gasteiger partial charge on any atom is -0.480 e. The lowest BCUT2D eigenvalue weighted by Crippen LogP contribution is -2.52. The molecule has 0 aliphatic carbocycles. The van der Waals surface area contributed by atoms with Crippen molar-refractivity contribution < 1.29 is 24.2 Å². The van der Waals surface area contributed by atoms with Crippen molar-refractivity contribution >= 4 is 55.3 Å². The van der Waals surface area contributed by atoms with Crippen LogP contribution in [0.5, 0.6) is 0 Å². The van der Waals surface area contributed by atoms with Gasteiger partial charge in [-0.15, -0.1) is 20.6 Å². The number of aromatic nitrogens is 1. The van der Waals surface area contributed by atoms with E-state index < -0.39 is 24.0 Å². The summed E-state index contributed by atoms with van der Waals surface area (Å²) in [5.41, 5.74) is 1.39. The highest BCUT2D eigenvalue weighted by atomic mass is 35.5. The molecule has 4 rings (SSSR count). The Morgan fingerprint density at radius 2 is 2.27 bits per heavy atom. The van der Waals surface area contributed by atoms with Gasteiger partial charge in [0.2, 0.25) is 0 Å². The molecular weight excluding hydrogens is 487 g/mol. The number of rotatable bonds is 6. The van der Waals surface area contributed by atoms with Gasteiger partial charge in [-0.05, 0) is 11.4 Å². The van der Waals surface area contributed by atoms with E-state index in [9.17, 15) is 14.7 Å². The lowest BCUT2D eigenvalue weighted by atomic mass is 9.95. The molecular formula is C21H22ClN4O5PS. The number of morpholine rings is 1. The van der Waals surface area contributed by atoms with Crippen LogP contribution in [0.25, 0.3) is 0 Å². The second-order valence-corrected chi connectivity index (χ2v) is 9.38. The summed E-state index contributed by atoms with van der Waals surface area (Å²) in [6.45, 7) is 1.01. The quantitative estimate of drug-likeness (QED) is 0.447. The fraction of sp³-hybridized carbons (Fsp3) is 0.333. The number of nitrogens with one attached hydrogen (secondary N) is 1. The van der Waals surface area contributed by atoms with Crippen LogP contribution in [0.4, 0.5) is 0 Å². The molecule has 2 aliphatic rings. The Morgan fingerprint density at radius 1 is 1.45 bits per heavy atom. The van der Waals surface area contributed by atoms with E-state index in [0.717, 1.165) is 5.30 Å². The molecule has 1 saturated heterocycles. The highest BCUT2D eigenvalue weighted by Crippen LogP contribution is 2.36. The number of carboxylic acids is 1. The van der Waals surface area contributed by atoms with Crippen LogP contribution in [0, 0.1) is 0 Å². The van der Waals surface area contributed by atoms with Gasteiger partial charge in [-0.3, -0.25) is 14.7 Å². The minimum atomic E-state index is -0.991. The van der Waals surface area contributed by atoms with Gasteiger partial charge < -0.3 is 19.9 Å². The number of nitrogens with zero attached hydrogens (tertiary/aromatic N) is 3. The molecule has 0 amide bonds. The molecule has 1 fully saturated rings. The van der Waals surface area contributed by atoms with Crippen molar-refractivity contribution in [2.45, 2.75) is 12.1 Å². The molecule has 1 aromatic heterocycles. The standard InChI is InChI=1S/C21H22ClN4O5PS/c1-30-21(29)16-14(9-26-5-6-31-10-15(26)20(27)28)24-18(19-23-4-7-33-19)25-17(16)12-3-2-11(32)8-13(12)22/h2-4,7-8,15,17H,5-6,9-10,32H2,1H3,(H,24,25)(H,27,28)/t15-,17?/m0/s1. The molecule has 9 nitrogen and oxygen atoms in total. The van der Waals surface area contributed by atoms with Crippen molar-refractivity contribution in [2.75, 3.05) is 33.4 Å². The van der Waals surface area contributed by atoms with E-state index >= 15 is 0 Å². The predicted octanol–water partition coefficient (Wildman–Crippen LogP) is 1.60. The first-order chi connectivity index (χ1) is 15.9. The van der Waals surface area contributed by atoms with E-state index in [0.29, 0.717) is 40.3 Å². The molecule has 0 spiro atoms. The van der Waals surface area contributed by atoms with E-state index in [1.165, 1.54) is 18.4 Å². The second kappa shape index (κ2) is 10.3. The van der Waals surface area contributed by atoms with Crippen molar-refractivity contribution in [1.29, 1.82) is 0 Å². The van der Waals surface area contributed by atoms with Crippen LogP contribution in [0.2, 0.25) is 5.02 Å². The third-order valence-corrected chi connectivity index (χ3v) is 6.84. The number of amidine groups is 1. The Bertz CT molecular complexity index is 1120. The van der Waals surface area contributed by atoms with Crippen LogP contribution in [-0.4, -0.2) is 72.2 Å². The van der Waals surface area contributed by atoms with Gasteiger partial charge in [-0.1, -0.05) is 23.7 Å². The predicted molar refractivity (Wildman–Crippen MR) is 128 cm³/mol. The monoisotopic (exact) mass is 508 g/mol. The van der Waals surface area contributed by atoms with Gasteiger partial charge in [0, 0.05) is 40.9 Å². The summed E-state index contributed by atoms with van der Waals surface area (Å²) in [6, 6.07) is 3.87. The van der Waals surface area contributed by atoms with Gasteiger partial charge in [0.1, 0.15) is 12.1 Å². The molecule has 2 N–H and O–H groups in total. The maximum atomic E-state index is 13.0. The Morgan fingerprint density at radius 3 is 2.94 bits per heavy atom. The molecule has 0 bridgehead atoms. The highest BCUT2D eigenvalue weighted by Gasteiger charge is 2.37. The molecule has 3 atom stereocenters. The number of carbonyl (C=O) groups is 2. The maximum Gasteiger partial charge on any atom is 0.338 e. The number of methoxy groups -OCH3 is 1. The first-order valence-corrected chi connectivity index (χ1v) is 11.9. The van der Waals surface area contributed by atoms with Crippen molar-refractivity contribution in [2.24, 2.45) is 4.99 Å². The number of carboxylic acid groups (broad SMARTS) is 1. The van der Waals surface area contributed by atoms with Crippen LogP contribution in [0.1, 0.15) is 16.6 Å². The molecule has 12 heteroatoms. The van der Waals surface area contributed by atoms with Gasteiger partial charge >= 0.3 is 11.9 Å². The lowest BCUT2D eigenvalue weighted by molar-refractivity contribution is -0.149. The number of benzene rings is 1. The molecule has 174 valence electrons. The number of hydrogen-bond acceptors (Lipinski definition) is 9. The number of carbonyl (C=O) groups excluding carboxylic acids is 1. The van der Waals surface area contributed by atoms with E-state index in [4.69, 9.17) is 26.1 Å². The molecule has 33 heavy (non-hydrogen) atoms. The smallest absolute Gasteiger partial charge is 0.338 e. The Kier molecular flexibility index (Phi) is 7.41. The number of thiazole rings is 1. The number of hydrogen-bond donors (Lipinski definition) is 2. The van der Waals surface area contributed by atoms with E-state index in [2.05, 4.69) is 19.5 Å². The third kappa shape index (κ3) is 5.10. The zero-order chi connectivity index (χ0) is 23.5. The first kappa shape index (κ1) is 23.8. The van der Waals surface area contributed by atoms with E-state index in [-0.39, 0.29) is 18.7 Å². The van der Waals surface area contributed by atoms with Crippen LogP contribution in [-0.2, 0) is 19.1 Å². The SMILES string of the molecule is COC(=O)C1=C(CN2CCOC[C@H]2C(=O)O)NC(c2nccs2)=NC1c1ccc(P)cc1Cl. The molecule has 1 aromatic carbocycles. The zero-order valence-corrected chi connectivity index (χ0v) is 20.4. The Labute approximate surface area is 201 Å².